The van der Waals surface area contributed by atoms with Crippen molar-refractivity contribution in [1.82, 2.24) is 10.6 Å². The minimum absolute atomic E-state index is 0.0861. The third kappa shape index (κ3) is 3.12. The van der Waals surface area contributed by atoms with E-state index in [9.17, 15) is 14.3 Å². The molecule has 0 aliphatic heterocycles. The van der Waals surface area contributed by atoms with Crippen LogP contribution >= 0.6 is 0 Å². The van der Waals surface area contributed by atoms with Gasteiger partial charge in [0.2, 0.25) is 0 Å². The van der Waals surface area contributed by atoms with Gasteiger partial charge in [0.05, 0.1) is 12.1 Å². The minimum Gasteiger partial charge on any atom is -0.390 e. The van der Waals surface area contributed by atoms with Crippen LogP contribution < -0.4 is 10.6 Å². The monoisotopic (exact) mass is 340 g/mol. The van der Waals surface area contributed by atoms with Gasteiger partial charge in [0.15, 0.2) is 0 Å². The summed E-state index contributed by atoms with van der Waals surface area (Å²) in [6.07, 6.45) is 1.91. The van der Waals surface area contributed by atoms with Gasteiger partial charge in [-0.25, -0.2) is 9.18 Å². The lowest BCUT2D eigenvalue weighted by Gasteiger charge is -2.21. The van der Waals surface area contributed by atoms with Gasteiger partial charge >= 0.3 is 6.03 Å². The predicted octanol–water partition coefficient (Wildman–Crippen LogP) is 2.81. The average Bonchev–Trinajstić information content (AvgIpc) is 3.34. The van der Waals surface area contributed by atoms with E-state index in [1.165, 1.54) is 12.1 Å². The lowest BCUT2D eigenvalue weighted by atomic mass is 9.96. The molecule has 0 spiro atoms. The number of urea groups is 1. The molecule has 1 saturated carbocycles. The molecule has 0 aromatic heterocycles. The molecule has 0 radical (unpaired) electrons. The Hall–Kier alpha value is -2.40. The molecule has 2 aromatic carbocycles. The lowest BCUT2D eigenvalue weighted by Crippen LogP contribution is -2.43. The van der Waals surface area contributed by atoms with E-state index in [1.54, 1.807) is 12.1 Å². The quantitative estimate of drug-likeness (QED) is 0.801. The number of hydrogen-bond donors (Lipinski definition) is 3. The molecule has 2 aliphatic rings. The molecule has 3 N–H and O–H groups in total. The summed E-state index contributed by atoms with van der Waals surface area (Å²) in [5.41, 5.74) is 3.02. The first-order valence-corrected chi connectivity index (χ1v) is 8.64. The molecule has 5 heteroatoms. The van der Waals surface area contributed by atoms with E-state index in [4.69, 9.17) is 0 Å². The maximum Gasteiger partial charge on any atom is 0.315 e. The van der Waals surface area contributed by atoms with Gasteiger partial charge in [-0.05, 0) is 41.7 Å². The van der Waals surface area contributed by atoms with E-state index in [0.29, 0.717) is 13.0 Å². The van der Waals surface area contributed by atoms with Crippen LogP contribution in [0.3, 0.4) is 0 Å². The third-order valence-electron chi connectivity index (χ3n) is 5.39. The van der Waals surface area contributed by atoms with Gasteiger partial charge in [-0.15, -0.1) is 0 Å². The first kappa shape index (κ1) is 16.1. The normalized spacial score (nSPS) is 23.0. The summed E-state index contributed by atoms with van der Waals surface area (Å²) in [6, 6.07) is 13.6. The fraction of sp³-hybridized carbons (Fsp3) is 0.350. The molecule has 2 aliphatic carbocycles. The number of benzene rings is 2. The van der Waals surface area contributed by atoms with E-state index in [2.05, 4.69) is 10.6 Å². The van der Waals surface area contributed by atoms with Crippen LogP contribution in [0, 0.1) is 5.82 Å². The van der Waals surface area contributed by atoms with Gasteiger partial charge < -0.3 is 15.7 Å². The van der Waals surface area contributed by atoms with Crippen LogP contribution in [-0.4, -0.2) is 23.8 Å². The van der Waals surface area contributed by atoms with E-state index in [0.717, 1.165) is 29.5 Å². The highest BCUT2D eigenvalue weighted by Crippen LogP contribution is 2.47. The molecule has 0 bridgehead atoms. The van der Waals surface area contributed by atoms with Crippen molar-refractivity contribution < 1.29 is 14.3 Å². The number of halogens is 1. The van der Waals surface area contributed by atoms with Crippen molar-refractivity contribution in [3.05, 3.63) is 71.0 Å². The molecule has 4 nitrogen and oxygen atoms in total. The van der Waals surface area contributed by atoms with Crippen LogP contribution in [0.4, 0.5) is 9.18 Å². The number of rotatable bonds is 4. The Morgan fingerprint density at radius 3 is 2.60 bits per heavy atom. The number of aliphatic hydroxyl groups excluding tert-OH is 1. The molecule has 1 fully saturated rings. The summed E-state index contributed by atoms with van der Waals surface area (Å²) >= 11 is 0. The zero-order chi connectivity index (χ0) is 17.4. The highest BCUT2D eigenvalue weighted by molar-refractivity contribution is 5.75. The summed E-state index contributed by atoms with van der Waals surface area (Å²) in [5.74, 6) is -0.251. The van der Waals surface area contributed by atoms with Gasteiger partial charge in [-0.3, -0.25) is 0 Å². The molecule has 0 unspecified atom stereocenters. The summed E-state index contributed by atoms with van der Waals surface area (Å²) in [4.78, 5) is 12.3. The predicted molar refractivity (Wildman–Crippen MR) is 92.7 cm³/mol. The van der Waals surface area contributed by atoms with E-state index in [-0.39, 0.29) is 23.3 Å². The van der Waals surface area contributed by atoms with Crippen molar-refractivity contribution in [3.63, 3.8) is 0 Å². The van der Waals surface area contributed by atoms with Crippen molar-refractivity contribution >= 4 is 6.03 Å². The number of amides is 2. The largest absolute Gasteiger partial charge is 0.390 e. The maximum absolute atomic E-state index is 13.1. The molecule has 2 atom stereocenters. The topological polar surface area (TPSA) is 61.4 Å². The van der Waals surface area contributed by atoms with Gasteiger partial charge in [-0.2, -0.15) is 0 Å². The van der Waals surface area contributed by atoms with Crippen molar-refractivity contribution in [2.75, 3.05) is 6.54 Å². The van der Waals surface area contributed by atoms with Crippen molar-refractivity contribution in [1.29, 1.82) is 0 Å². The Kier molecular flexibility index (Phi) is 3.96. The summed E-state index contributed by atoms with van der Waals surface area (Å²) in [7, 11) is 0. The average molecular weight is 340 g/mol. The molecule has 0 saturated heterocycles. The second kappa shape index (κ2) is 6.15. The Balaban J connectivity index is 1.38. The van der Waals surface area contributed by atoms with E-state index < -0.39 is 6.10 Å². The van der Waals surface area contributed by atoms with Crippen molar-refractivity contribution in [2.45, 2.75) is 36.8 Å². The Morgan fingerprint density at radius 2 is 1.88 bits per heavy atom. The number of aliphatic hydroxyl groups is 1. The Morgan fingerprint density at radius 1 is 1.16 bits per heavy atom. The molecular weight excluding hydrogens is 319 g/mol. The molecule has 2 amide bonds. The second-order valence-electron chi connectivity index (χ2n) is 7.06. The Bertz CT molecular complexity index is 787. The van der Waals surface area contributed by atoms with Gasteiger partial charge in [-0.1, -0.05) is 36.4 Å². The minimum atomic E-state index is -0.602. The molecule has 130 valence electrons. The summed E-state index contributed by atoms with van der Waals surface area (Å²) in [5, 5.41) is 16.0. The summed E-state index contributed by atoms with van der Waals surface area (Å²) < 4.78 is 13.1. The fourth-order valence-electron chi connectivity index (χ4n) is 3.71. The van der Waals surface area contributed by atoms with Crippen LogP contribution in [0.5, 0.6) is 0 Å². The first-order valence-electron chi connectivity index (χ1n) is 8.64. The first-order chi connectivity index (χ1) is 12.1. The van der Waals surface area contributed by atoms with Crippen LogP contribution in [0.15, 0.2) is 48.5 Å². The smallest absolute Gasteiger partial charge is 0.315 e. The zero-order valence-corrected chi connectivity index (χ0v) is 13.8. The van der Waals surface area contributed by atoms with Crippen LogP contribution in [0.25, 0.3) is 0 Å². The van der Waals surface area contributed by atoms with Gasteiger partial charge in [0.25, 0.3) is 0 Å². The standard InChI is InChI=1S/C20H21FN2O2/c21-15-7-5-14(6-8-15)20(9-10-20)12-22-19(25)23-18-16-4-2-1-3-13(16)11-17(18)24/h1-8,17-18,24H,9-12H2,(H2,22,23,25)/t17-,18+/m0/s1. The SMILES string of the molecule is O=C(NCC1(c2ccc(F)cc2)CC1)N[C@@H]1c2ccccc2C[C@@H]1O. The Labute approximate surface area is 146 Å². The highest BCUT2D eigenvalue weighted by atomic mass is 19.1. The maximum atomic E-state index is 13.1. The van der Waals surface area contributed by atoms with Crippen LogP contribution in [0.1, 0.15) is 35.6 Å². The van der Waals surface area contributed by atoms with Crippen molar-refractivity contribution in [3.8, 4) is 0 Å². The van der Waals surface area contributed by atoms with E-state index in [1.807, 2.05) is 24.3 Å². The molecule has 2 aromatic rings. The number of carbonyl (C=O) groups excluding carboxylic acids is 1. The van der Waals surface area contributed by atoms with Gasteiger partial charge in [0, 0.05) is 18.4 Å². The fourth-order valence-corrected chi connectivity index (χ4v) is 3.71. The molecule has 0 heterocycles. The van der Waals surface area contributed by atoms with Crippen molar-refractivity contribution in [2.24, 2.45) is 0 Å². The van der Waals surface area contributed by atoms with Crippen LogP contribution in [-0.2, 0) is 11.8 Å². The van der Waals surface area contributed by atoms with Crippen LogP contribution in [0.2, 0.25) is 0 Å². The molecule has 25 heavy (non-hydrogen) atoms. The second-order valence-corrected chi connectivity index (χ2v) is 7.06. The highest BCUT2D eigenvalue weighted by Gasteiger charge is 2.44. The van der Waals surface area contributed by atoms with Gasteiger partial charge in [0.1, 0.15) is 5.82 Å². The lowest BCUT2D eigenvalue weighted by molar-refractivity contribution is 0.142. The third-order valence-corrected chi connectivity index (χ3v) is 5.39. The number of nitrogens with one attached hydrogen (secondary N) is 2. The molecule has 4 rings (SSSR count). The number of hydrogen-bond acceptors (Lipinski definition) is 2. The number of fused-ring (bicyclic) bond motifs is 1. The number of carbonyl (C=O) groups is 1. The summed E-state index contributed by atoms with van der Waals surface area (Å²) in [6.45, 7) is 0.509. The van der Waals surface area contributed by atoms with E-state index >= 15 is 0 Å². The zero-order valence-electron chi connectivity index (χ0n) is 13.8. The molecular formula is C20H21FN2O2.